The van der Waals surface area contributed by atoms with Gasteiger partial charge in [0, 0.05) is 25.9 Å². The van der Waals surface area contributed by atoms with Crippen molar-refractivity contribution in [2.75, 3.05) is 20.8 Å². The van der Waals surface area contributed by atoms with Gasteiger partial charge < -0.3 is 19.4 Å². The lowest BCUT2D eigenvalue weighted by molar-refractivity contribution is 0.0904. The summed E-state index contributed by atoms with van der Waals surface area (Å²) in [6.07, 6.45) is 1.60. The van der Waals surface area contributed by atoms with Crippen molar-refractivity contribution in [1.82, 2.24) is 9.88 Å². The number of amides is 1. The molecule has 0 fully saturated rings. The monoisotopic (exact) mass is 318 g/mol. The van der Waals surface area contributed by atoms with Crippen molar-refractivity contribution in [2.45, 2.75) is 26.4 Å². The molecule has 1 amide bonds. The molecule has 1 aromatic carbocycles. The van der Waals surface area contributed by atoms with Crippen molar-refractivity contribution in [3.63, 3.8) is 0 Å². The molecule has 124 valence electrons. The van der Waals surface area contributed by atoms with E-state index in [0.717, 1.165) is 5.52 Å². The molecule has 0 radical (unpaired) electrons. The molecule has 6 nitrogen and oxygen atoms in total. The van der Waals surface area contributed by atoms with E-state index >= 15 is 0 Å². The van der Waals surface area contributed by atoms with E-state index in [1.54, 1.807) is 32.5 Å². The highest BCUT2D eigenvalue weighted by molar-refractivity contribution is 5.97. The summed E-state index contributed by atoms with van der Waals surface area (Å²) in [6.45, 7) is 4.82. The van der Waals surface area contributed by atoms with Crippen LogP contribution in [0.4, 0.5) is 0 Å². The highest BCUT2D eigenvalue weighted by Gasteiger charge is 2.17. The Hall–Kier alpha value is -2.34. The number of aromatic nitrogens is 1. The van der Waals surface area contributed by atoms with Gasteiger partial charge in [-0.1, -0.05) is 0 Å². The predicted octanol–water partition coefficient (Wildman–Crippen LogP) is 1.79. The number of rotatable bonds is 6. The maximum atomic E-state index is 12.7. The van der Waals surface area contributed by atoms with Crippen molar-refractivity contribution >= 4 is 16.8 Å². The SMILES string of the molecule is CCn1cc(C(=O)NC(C)COC)c(=O)c2cc(OC)ccc21. The third-order valence-corrected chi connectivity index (χ3v) is 3.67. The second-order valence-electron chi connectivity index (χ2n) is 5.37. The van der Waals surface area contributed by atoms with Crippen molar-refractivity contribution in [3.8, 4) is 5.75 Å². The summed E-state index contributed by atoms with van der Waals surface area (Å²) < 4.78 is 12.1. The number of hydrogen-bond donors (Lipinski definition) is 1. The highest BCUT2D eigenvalue weighted by Crippen LogP contribution is 2.19. The van der Waals surface area contributed by atoms with Crippen molar-refractivity contribution in [1.29, 1.82) is 0 Å². The molecule has 0 aliphatic rings. The van der Waals surface area contributed by atoms with Crippen LogP contribution in [-0.2, 0) is 11.3 Å². The van der Waals surface area contributed by atoms with E-state index in [-0.39, 0.29) is 17.0 Å². The zero-order valence-corrected chi connectivity index (χ0v) is 13.9. The number of carbonyl (C=O) groups excluding carboxylic acids is 1. The Morgan fingerprint density at radius 1 is 1.35 bits per heavy atom. The van der Waals surface area contributed by atoms with E-state index in [1.165, 1.54) is 0 Å². The maximum absolute atomic E-state index is 12.7. The minimum absolute atomic E-state index is 0.121. The van der Waals surface area contributed by atoms with Crippen molar-refractivity contribution < 1.29 is 14.3 Å². The van der Waals surface area contributed by atoms with Gasteiger partial charge >= 0.3 is 0 Å². The van der Waals surface area contributed by atoms with Crippen LogP contribution in [0.5, 0.6) is 5.75 Å². The average Bonchev–Trinajstić information content (AvgIpc) is 2.55. The highest BCUT2D eigenvalue weighted by atomic mass is 16.5. The number of methoxy groups -OCH3 is 2. The molecule has 1 atom stereocenters. The first-order chi connectivity index (χ1) is 11.0. The fourth-order valence-corrected chi connectivity index (χ4v) is 2.52. The van der Waals surface area contributed by atoms with E-state index in [2.05, 4.69) is 5.32 Å². The van der Waals surface area contributed by atoms with E-state index in [9.17, 15) is 9.59 Å². The lowest BCUT2D eigenvalue weighted by Gasteiger charge is -2.15. The summed E-state index contributed by atoms with van der Waals surface area (Å²) in [5.41, 5.74) is 0.598. The van der Waals surface area contributed by atoms with Gasteiger partial charge in [0.2, 0.25) is 5.43 Å². The van der Waals surface area contributed by atoms with E-state index in [1.807, 2.05) is 24.5 Å². The molecule has 0 saturated heterocycles. The number of nitrogens with zero attached hydrogens (tertiary/aromatic N) is 1. The molecule has 2 rings (SSSR count). The summed E-state index contributed by atoms with van der Waals surface area (Å²) in [7, 11) is 3.11. The smallest absolute Gasteiger partial charge is 0.257 e. The second-order valence-corrected chi connectivity index (χ2v) is 5.37. The van der Waals surface area contributed by atoms with Gasteiger partial charge in [-0.25, -0.2) is 0 Å². The Balaban J connectivity index is 2.54. The molecule has 2 aromatic rings. The Bertz CT molecular complexity index is 767. The quantitative estimate of drug-likeness (QED) is 0.881. The van der Waals surface area contributed by atoms with Crippen LogP contribution in [-0.4, -0.2) is 37.3 Å². The van der Waals surface area contributed by atoms with Crippen LogP contribution < -0.4 is 15.5 Å². The van der Waals surface area contributed by atoms with Crippen LogP contribution in [0, 0.1) is 0 Å². The fourth-order valence-electron chi connectivity index (χ4n) is 2.52. The van der Waals surface area contributed by atoms with Gasteiger partial charge in [-0.2, -0.15) is 0 Å². The zero-order chi connectivity index (χ0) is 17.0. The Kier molecular flexibility index (Phi) is 5.39. The predicted molar refractivity (Wildman–Crippen MR) is 89.2 cm³/mol. The molecule has 1 N–H and O–H groups in total. The van der Waals surface area contributed by atoms with Gasteiger partial charge in [-0.3, -0.25) is 9.59 Å². The van der Waals surface area contributed by atoms with E-state index in [4.69, 9.17) is 9.47 Å². The molecule has 6 heteroatoms. The molecular formula is C17H22N2O4. The summed E-state index contributed by atoms with van der Waals surface area (Å²) in [4.78, 5) is 25.1. The van der Waals surface area contributed by atoms with Gasteiger partial charge in [-0.15, -0.1) is 0 Å². The normalized spacial score (nSPS) is 12.2. The lowest BCUT2D eigenvalue weighted by Crippen LogP contribution is -2.38. The molecule has 23 heavy (non-hydrogen) atoms. The van der Waals surface area contributed by atoms with Crippen molar-refractivity contribution in [3.05, 3.63) is 40.2 Å². The maximum Gasteiger partial charge on any atom is 0.257 e. The number of benzene rings is 1. The average molecular weight is 318 g/mol. The van der Waals surface area contributed by atoms with Crippen LogP contribution >= 0.6 is 0 Å². The van der Waals surface area contributed by atoms with Gasteiger partial charge in [0.1, 0.15) is 11.3 Å². The lowest BCUT2D eigenvalue weighted by atomic mass is 10.1. The second kappa shape index (κ2) is 7.28. The summed E-state index contributed by atoms with van der Waals surface area (Å²) in [5.74, 6) is 0.189. The molecule has 0 aliphatic carbocycles. The molecule has 1 aromatic heterocycles. The number of pyridine rings is 1. The molecule has 0 saturated carbocycles. The number of fused-ring (bicyclic) bond motifs is 1. The number of carbonyl (C=O) groups is 1. The van der Waals surface area contributed by atoms with Gasteiger partial charge in [0.05, 0.1) is 24.6 Å². The van der Waals surface area contributed by atoms with Crippen LogP contribution in [0.1, 0.15) is 24.2 Å². The summed E-state index contributed by atoms with van der Waals surface area (Å²) in [6, 6.07) is 5.12. The first-order valence-corrected chi connectivity index (χ1v) is 7.52. The van der Waals surface area contributed by atoms with Crippen LogP contribution in [0.2, 0.25) is 0 Å². The van der Waals surface area contributed by atoms with Crippen LogP contribution in [0.3, 0.4) is 0 Å². The Morgan fingerprint density at radius 3 is 2.70 bits per heavy atom. The first kappa shape index (κ1) is 17.0. The Labute approximate surface area is 135 Å². The van der Waals surface area contributed by atoms with Crippen LogP contribution in [0.15, 0.2) is 29.2 Å². The number of hydrogen-bond acceptors (Lipinski definition) is 4. The number of ether oxygens (including phenoxy) is 2. The Morgan fingerprint density at radius 2 is 2.09 bits per heavy atom. The van der Waals surface area contributed by atoms with Crippen molar-refractivity contribution in [2.24, 2.45) is 0 Å². The third-order valence-electron chi connectivity index (χ3n) is 3.67. The fraction of sp³-hybridized carbons (Fsp3) is 0.412. The zero-order valence-electron chi connectivity index (χ0n) is 13.9. The third kappa shape index (κ3) is 3.53. The summed E-state index contributed by atoms with van der Waals surface area (Å²) >= 11 is 0. The molecule has 1 unspecified atom stereocenters. The van der Waals surface area contributed by atoms with E-state index in [0.29, 0.717) is 24.3 Å². The molecule has 0 aliphatic heterocycles. The number of aryl methyl sites for hydroxylation is 1. The molecule has 0 bridgehead atoms. The molecule has 0 spiro atoms. The standard InChI is InChI=1S/C17H22N2O4/c1-5-19-9-14(17(21)18-11(2)10-22-3)16(20)13-8-12(23-4)6-7-15(13)19/h6-9,11H,5,10H2,1-4H3,(H,18,21). The largest absolute Gasteiger partial charge is 0.497 e. The molecule has 1 heterocycles. The number of nitrogens with one attached hydrogen (secondary N) is 1. The van der Waals surface area contributed by atoms with Gasteiger partial charge in [-0.05, 0) is 32.0 Å². The topological polar surface area (TPSA) is 69.6 Å². The minimum atomic E-state index is -0.397. The van der Waals surface area contributed by atoms with Crippen LogP contribution in [0.25, 0.3) is 10.9 Å². The first-order valence-electron chi connectivity index (χ1n) is 7.52. The van der Waals surface area contributed by atoms with Gasteiger partial charge in [0.15, 0.2) is 0 Å². The molecular weight excluding hydrogens is 296 g/mol. The summed E-state index contributed by atoms with van der Waals surface area (Å²) in [5, 5.41) is 3.24. The van der Waals surface area contributed by atoms with E-state index < -0.39 is 5.91 Å². The van der Waals surface area contributed by atoms with Gasteiger partial charge in [0.25, 0.3) is 5.91 Å². The minimum Gasteiger partial charge on any atom is -0.497 e.